The maximum absolute atomic E-state index is 12.2. The fourth-order valence-corrected chi connectivity index (χ4v) is 1.91. The zero-order valence-electron chi connectivity index (χ0n) is 12.5. The number of carbonyl (C=O) groups is 2. The molecule has 0 saturated heterocycles. The summed E-state index contributed by atoms with van der Waals surface area (Å²) in [5, 5.41) is 0. The summed E-state index contributed by atoms with van der Waals surface area (Å²) in [7, 11) is 1.54. The zero-order valence-corrected chi connectivity index (χ0v) is 12.5. The average Bonchev–Trinajstić information content (AvgIpc) is 2.40. The van der Waals surface area contributed by atoms with Crippen molar-refractivity contribution in [1.82, 2.24) is 0 Å². The van der Waals surface area contributed by atoms with Crippen molar-refractivity contribution in [3.05, 3.63) is 0 Å². The Morgan fingerprint density at radius 3 is 1.84 bits per heavy atom. The van der Waals surface area contributed by atoms with Crippen molar-refractivity contribution in [3.63, 3.8) is 0 Å². The molecule has 0 heterocycles. The van der Waals surface area contributed by atoms with Gasteiger partial charge in [0, 0.05) is 13.7 Å². The number of rotatable bonds is 10. The maximum Gasteiger partial charge on any atom is 0.323 e. The molecule has 0 aliphatic carbocycles. The lowest BCUT2D eigenvalue weighted by Crippen LogP contribution is -2.43. The standard InChI is InChI=1S/C14H26O5/c1-5-8-9-14(10-11-17-4,12(15)18-6-2)13(16)19-7-3/h5-11H2,1-4H3. The summed E-state index contributed by atoms with van der Waals surface area (Å²) in [6.45, 7) is 6.28. The lowest BCUT2D eigenvalue weighted by atomic mass is 9.79. The molecule has 0 unspecified atom stereocenters. The van der Waals surface area contributed by atoms with Crippen molar-refractivity contribution >= 4 is 11.9 Å². The van der Waals surface area contributed by atoms with Crippen LogP contribution in [0.4, 0.5) is 0 Å². The van der Waals surface area contributed by atoms with E-state index < -0.39 is 17.4 Å². The molecule has 0 rings (SSSR count). The van der Waals surface area contributed by atoms with Crippen LogP contribution in [0.3, 0.4) is 0 Å². The van der Waals surface area contributed by atoms with E-state index in [1.54, 1.807) is 21.0 Å². The van der Waals surface area contributed by atoms with Crippen LogP contribution in [0.15, 0.2) is 0 Å². The Kier molecular flexibility index (Phi) is 9.21. The largest absolute Gasteiger partial charge is 0.465 e. The SMILES string of the molecule is CCCCC(CCOC)(C(=O)OCC)C(=O)OCC. The van der Waals surface area contributed by atoms with E-state index in [1.807, 2.05) is 6.92 Å². The summed E-state index contributed by atoms with van der Waals surface area (Å²) in [6.07, 6.45) is 2.39. The van der Waals surface area contributed by atoms with E-state index in [1.165, 1.54) is 0 Å². The molecule has 0 aliphatic heterocycles. The van der Waals surface area contributed by atoms with Crippen LogP contribution in [0.5, 0.6) is 0 Å². The van der Waals surface area contributed by atoms with Gasteiger partial charge in [0.1, 0.15) is 0 Å². The molecule has 0 fully saturated rings. The van der Waals surface area contributed by atoms with Gasteiger partial charge >= 0.3 is 11.9 Å². The molecule has 0 N–H and O–H groups in total. The number of methoxy groups -OCH3 is 1. The smallest absolute Gasteiger partial charge is 0.323 e. The summed E-state index contributed by atoms with van der Waals surface area (Å²) >= 11 is 0. The second-order valence-electron chi connectivity index (χ2n) is 4.37. The number of unbranched alkanes of at least 4 members (excludes halogenated alkanes) is 1. The molecule has 5 heteroatoms. The molecule has 112 valence electrons. The second kappa shape index (κ2) is 9.78. The quantitative estimate of drug-likeness (QED) is 0.452. The van der Waals surface area contributed by atoms with Crippen molar-refractivity contribution in [2.75, 3.05) is 26.9 Å². The van der Waals surface area contributed by atoms with Gasteiger partial charge in [-0.25, -0.2) is 0 Å². The van der Waals surface area contributed by atoms with Gasteiger partial charge in [0.05, 0.1) is 13.2 Å². The second-order valence-corrected chi connectivity index (χ2v) is 4.37. The van der Waals surface area contributed by atoms with Crippen LogP contribution in [0.25, 0.3) is 0 Å². The first-order valence-corrected chi connectivity index (χ1v) is 6.92. The first-order chi connectivity index (χ1) is 9.08. The molecule has 0 aromatic rings. The van der Waals surface area contributed by atoms with Crippen LogP contribution in [-0.2, 0) is 23.8 Å². The molecule has 0 radical (unpaired) electrons. The first kappa shape index (κ1) is 17.9. The summed E-state index contributed by atoms with van der Waals surface area (Å²) in [6, 6.07) is 0. The molecule has 0 saturated carbocycles. The molecular weight excluding hydrogens is 248 g/mol. The molecule has 0 spiro atoms. The Hall–Kier alpha value is -1.10. The third kappa shape index (κ3) is 5.19. The molecule has 0 aromatic heterocycles. The first-order valence-electron chi connectivity index (χ1n) is 6.92. The van der Waals surface area contributed by atoms with Crippen LogP contribution in [-0.4, -0.2) is 38.9 Å². The Bertz CT molecular complexity index is 247. The predicted octanol–water partition coefficient (Wildman–Crippen LogP) is 2.33. The van der Waals surface area contributed by atoms with E-state index >= 15 is 0 Å². The number of hydrogen-bond donors (Lipinski definition) is 0. The summed E-state index contributed by atoms with van der Waals surface area (Å²) in [5.74, 6) is -1.00. The van der Waals surface area contributed by atoms with Crippen molar-refractivity contribution in [1.29, 1.82) is 0 Å². The van der Waals surface area contributed by atoms with E-state index in [0.29, 0.717) is 19.4 Å². The number of carbonyl (C=O) groups excluding carboxylic acids is 2. The van der Waals surface area contributed by atoms with Gasteiger partial charge in [0.25, 0.3) is 0 Å². The molecule has 0 aliphatic rings. The summed E-state index contributed by atoms with van der Waals surface area (Å²) in [5.41, 5.74) is -1.22. The molecule has 0 bridgehead atoms. The van der Waals surface area contributed by atoms with E-state index in [-0.39, 0.29) is 13.2 Å². The molecule has 0 atom stereocenters. The monoisotopic (exact) mass is 274 g/mol. The Balaban J connectivity index is 5.16. The van der Waals surface area contributed by atoms with Gasteiger partial charge in [-0.3, -0.25) is 9.59 Å². The van der Waals surface area contributed by atoms with Gasteiger partial charge in [0.15, 0.2) is 5.41 Å². The van der Waals surface area contributed by atoms with Gasteiger partial charge in [-0.15, -0.1) is 0 Å². The number of esters is 2. The van der Waals surface area contributed by atoms with Gasteiger partial charge in [-0.05, 0) is 26.7 Å². The van der Waals surface area contributed by atoms with E-state index in [9.17, 15) is 9.59 Å². The lowest BCUT2D eigenvalue weighted by molar-refractivity contribution is -0.174. The Morgan fingerprint density at radius 2 is 1.47 bits per heavy atom. The molecule has 19 heavy (non-hydrogen) atoms. The van der Waals surface area contributed by atoms with Crippen molar-refractivity contribution < 1.29 is 23.8 Å². The van der Waals surface area contributed by atoms with Gasteiger partial charge in [-0.1, -0.05) is 19.8 Å². The highest BCUT2D eigenvalue weighted by atomic mass is 16.6. The Labute approximate surface area is 115 Å². The number of ether oxygens (including phenoxy) is 3. The molecule has 5 nitrogen and oxygen atoms in total. The van der Waals surface area contributed by atoms with Gasteiger partial charge < -0.3 is 14.2 Å². The summed E-state index contributed by atoms with van der Waals surface area (Å²) in [4.78, 5) is 24.4. The van der Waals surface area contributed by atoms with Crippen LogP contribution in [0, 0.1) is 5.41 Å². The fourth-order valence-electron chi connectivity index (χ4n) is 1.91. The highest BCUT2D eigenvalue weighted by molar-refractivity contribution is 6.00. The normalized spacial score (nSPS) is 11.2. The maximum atomic E-state index is 12.2. The fraction of sp³-hybridized carbons (Fsp3) is 0.857. The van der Waals surface area contributed by atoms with E-state index in [0.717, 1.165) is 12.8 Å². The predicted molar refractivity (Wildman–Crippen MR) is 71.7 cm³/mol. The van der Waals surface area contributed by atoms with Crippen molar-refractivity contribution in [2.24, 2.45) is 5.41 Å². The average molecular weight is 274 g/mol. The molecule has 0 amide bonds. The highest BCUT2D eigenvalue weighted by Crippen LogP contribution is 2.32. The van der Waals surface area contributed by atoms with Crippen LogP contribution < -0.4 is 0 Å². The van der Waals surface area contributed by atoms with Gasteiger partial charge in [-0.2, -0.15) is 0 Å². The number of hydrogen-bond acceptors (Lipinski definition) is 5. The van der Waals surface area contributed by atoms with Crippen LogP contribution >= 0.6 is 0 Å². The topological polar surface area (TPSA) is 61.8 Å². The van der Waals surface area contributed by atoms with E-state index in [4.69, 9.17) is 14.2 Å². The molecular formula is C14H26O5. The van der Waals surface area contributed by atoms with Crippen LogP contribution in [0.1, 0.15) is 46.5 Å². The van der Waals surface area contributed by atoms with Gasteiger partial charge in [0.2, 0.25) is 0 Å². The third-order valence-electron chi connectivity index (χ3n) is 3.02. The van der Waals surface area contributed by atoms with E-state index in [2.05, 4.69) is 0 Å². The van der Waals surface area contributed by atoms with Crippen molar-refractivity contribution in [2.45, 2.75) is 46.5 Å². The van der Waals surface area contributed by atoms with Crippen molar-refractivity contribution in [3.8, 4) is 0 Å². The zero-order chi connectivity index (χ0) is 14.7. The minimum Gasteiger partial charge on any atom is -0.465 e. The lowest BCUT2D eigenvalue weighted by Gasteiger charge is -2.28. The van der Waals surface area contributed by atoms with Crippen LogP contribution in [0.2, 0.25) is 0 Å². The summed E-state index contributed by atoms with van der Waals surface area (Å²) < 4.78 is 15.2. The Morgan fingerprint density at radius 1 is 0.947 bits per heavy atom. The molecule has 0 aromatic carbocycles. The minimum atomic E-state index is -1.22. The third-order valence-corrected chi connectivity index (χ3v) is 3.02. The highest BCUT2D eigenvalue weighted by Gasteiger charge is 2.47. The minimum absolute atomic E-state index is 0.249.